The number of ketones is 1. The van der Waals surface area contributed by atoms with Crippen LogP contribution in [-0.2, 0) is 14.0 Å². The second-order valence-electron chi connectivity index (χ2n) is 7.47. The van der Waals surface area contributed by atoms with Gasteiger partial charge in [-0.15, -0.1) is 0 Å². The van der Waals surface area contributed by atoms with Gasteiger partial charge in [-0.25, -0.2) is 0 Å². The van der Waals surface area contributed by atoms with Crippen LogP contribution in [0.5, 0.6) is 0 Å². The van der Waals surface area contributed by atoms with Gasteiger partial charge in [0.2, 0.25) is 0 Å². The van der Waals surface area contributed by atoms with Crippen LogP contribution >= 0.6 is 0 Å². The van der Waals surface area contributed by atoms with Crippen molar-refractivity contribution in [1.29, 1.82) is 0 Å². The number of carbonyl (C=O) groups is 2. The fourth-order valence-electron chi connectivity index (χ4n) is 1.59. The van der Waals surface area contributed by atoms with Crippen LogP contribution in [0.4, 0.5) is 0 Å². The van der Waals surface area contributed by atoms with Gasteiger partial charge in [-0.2, -0.15) is 0 Å². The lowest BCUT2D eigenvalue weighted by atomic mass is 10.1. The van der Waals surface area contributed by atoms with Crippen LogP contribution in [-0.4, -0.2) is 26.1 Å². The van der Waals surface area contributed by atoms with Crippen LogP contribution in [0, 0.1) is 5.92 Å². The Morgan fingerprint density at radius 2 is 1.62 bits per heavy atom. The van der Waals surface area contributed by atoms with E-state index in [1.807, 2.05) is 13.8 Å². The summed E-state index contributed by atoms with van der Waals surface area (Å²) in [6.45, 7) is 17.8. The highest BCUT2D eigenvalue weighted by molar-refractivity contribution is 6.74. The standard InChI is InChI=1S/C16H31NO3Si/c1-11(2)14(20-21(8,9)16(5,6)7)15(19)17-12(3)10-13(4)18/h10-11,14H,1-9H3,(H,17,19)/b12-10-/t14-/m0/s1. The Hall–Kier alpha value is -0.943. The van der Waals surface area contributed by atoms with Crippen molar-refractivity contribution in [3.63, 3.8) is 0 Å². The minimum absolute atomic E-state index is 0.0463. The molecule has 122 valence electrons. The van der Waals surface area contributed by atoms with Gasteiger partial charge in [0.05, 0.1) is 0 Å². The van der Waals surface area contributed by atoms with E-state index in [2.05, 4.69) is 39.2 Å². The molecule has 0 fully saturated rings. The normalized spacial score (nSPS) is 15.0. The van der Waals surface area contributed by atoms with Crippen LogP contribution in [0.2, 0.25) is 18.1 Å². The van der Waals surface area contributed by atoms with Crippen molar-refractivity contribution in [2.75, 3.05) is 0 Å². The molecule has 0 unspecified atom stereocenters. The van der Waals surface area contributed by atoms with Crippen molar-refractivity contribution in [2.45, 2.75) is 72.7 Å². The molecular weight excluding hydrogens is 282 g/mol. The molecule has 1 amide bonds. The summed E-state index contributed by atoms with van der Waals surface area (Å²) in [4.78, 5) is 23.5. The molecule has 0 spiro atoms. The molecule has 1 atom stereocenters. The Labute approximate surface area is 130 Å². The molecule has 0 aromatic carbocycles. The first kappa shape index (κ1) is 20.1. The van der Waals surface area contributed by atoms with Crippen LogP contribution < -0.4 is 5.32 Å². The zero-order valence-electron chi connectivity index (χ0n) is 15.0. The van der Waals surface area contributed by atoms with Gasteiger partial charge in [0, 0.05) is 5.70 Å². The Morgan fingerprint density at radius 3 is 1.95 bits per heavy atom. The largest absolute Gasteiger partial charge is 0.405 e. The molecule has 1 N–H and O–H groups in total. The van der Waals surface area contributed by atoms with E-state index in [4.69, 9.17) is 4.43 Å². The Morgan fingerprint density at radius 1 is 1.14 bits per heavy atom. The third-order valence-corrected chi connectivity index (χ3v) is 8.29. The molecule has 0 rings (SSSR count). The first-order chi connectivity index (χ1) is 9.28. The van der Waals surface area contributed by atoms with E-state index in [0.29, 0.717) is 5.70 Å². The monoisotopic (exact) mass is 313 g/mol. The van der Waals surface area contributed by atoms with Gasteiger partial charge >= 0.3 is 0 Å². The molecule has 0 heterocycles. The molecule has 5 heteroatoms. The second kappa shape index (κ2) is 7.36. The number of rotatable bonds is 6. The van der Waals surface area contributed by atoms with E-state index in [1.165, 1.54) is 13.0 Å². The quantitative estimate of drug-likeness (QED) is 0.601. The molecule has 0 aliphatic heterocycles. The van der Waals surface area contributed by atoms with Gasteiger partial charge < -0.3 is 9.74 Å². The fraction of sp³-hybridized carbons (Fsp3) is 0.750. The van der Waals surface area contributed by atoms with Crippen LogP contribution in [0.15, 0.2) is 11.8 Å². The van der Waals surface area contributed by atoms with E-state index in [9.17, 15) is 9.59 Å². The number of nitrogens with one attached hydrogen (secondary N) is 1. The number of hydrogen-bond donors (Lipinski definition) is 1. The summed E-state index contributed by atoms with van der Waals surface area (Å²) in [6.07, 6.45) is 0.919. The molecule has 0 bridgehead atoms. The molecule has 0 aliphatic rings. The highest BCUT2D eigenvalue weighted by Crippen LogP contribution is 2.38. The molecule has 21 heavy (non-hydrogen) atoms. The van der Waals surface area contributed by atoms with E-state index < -0.39 is 14.4 Å². The summed E-state index contributed by atoms with van der Waals surface area (Å²) < 4.78 is 6.25. The summed E-state index contributed by atoms with van der Waals surface area (Å²) in [7, 11) is -2.02. The molecule has 0 saturated heterocycles. The molecule has 0 aliphatic carbocycles. The van der Waals surface area contributed by atoms with Crippen LogP contribution in [0.1, 0.15) is 48.5 Å². The third-order valence-electron chi connectivity index (χ3n) is 3.83. The SMILES string of the molecule is CC(=O)/C=C(/C)NC(=O)[C@@H](O[Si](C)(C)C(C)(C)C)C(C)C. The number of carbonyl (C=O) groups excluding carboxylic acids is 2. The predicted molar refractivity (Wildman–Crippen MR) is 89.5 cm³/mol. The lowest BCUT2D eigenvalue weighted by molar-refractivity contribution is -0.129. The Kier molecular flexibility index (Phi) is 7.03. The first-order valence-electron chi connectivity index (χ1n) is 7.45. The molecule has 0 saturated carbocycles. The van der Waals surface area contributed by atoms with Crippen molar-refractivity contribution in [3.8, 4) is 0 Å². The van der Waals surface area contributed by atoms with E-state index in [0.717, 1.165) is 0 Å². The van der Waals surface area contributed by atoms with Gasteiger partial charge in [-0.3, -0.25) is 9.59 Å². The maximum absolute atomic E-state index is 12.4. The van der Waals surface area contributed by atoms with E-state index in [-0.39, 0.29) is 22.6 Å². The van der Waals surface area contributed by atoms with Gasteiger partial charge in [0.1, 0.15) is 6.10 Å². The Balaban J connectivity index is 5.09. The van der Waals surface area contributed by atoms with Gasteiger partial charge in [0.15, 0.2) is 14.1 Å². The fourth-order valence-corrected chi connectivity index (χ4v) is 2.96. The van der Waals surface area contributed by atoms with Crippen molar-refractivity contribution in [1.82, 2.24) is 5.32 Å². The summed E-state index contributed by atoms with van der Waals surface area (Å²) >= 11 is 0. The number of allylic oxidation sites excluding steroid dienone is 2. The summed E-state index contributed by atoms with van der Waals surface area (Å²) in [5.74, 6) is -0.187. The lowest BCUT2D eigenvalue weighted by Crippen LogP contribution is -2.50. The lowest BCUT2D eigenvalue weighted by Gasteiger charge is -2.39. The highest BCUT2D eigenvalue weighted by atomic mass is 28.4. The van der Waals surface area contributed by atoms with Gasteiger partial charge in [-0.1, -0.05) is 34.6 Å². The topological polar surface area (TPSA) is 55.4 Å². The van der Waals surface area contributed by atoms with E-state index in [1.54, 1.807) is 6.92 Å². The zero-order valence-corrected chi connectivity index (χ0v) is 16.0. The maximum Gasteiger partial charge on any atom is 0.252 e. The van der Waals surface area contributed by atoms with Crippen molar-refractivity contribution < 1.29 is 14.0 Å². The van der Waals surface area contributed by atoms with Crippen molar-refractivity contribution in [3.05, 3.63) is 11.8 Å². The van der Waals surface area contributed by atoms with Gasteiger partial charge in [-0.05, 0) is 44.0 Å². The minimum Gasteiger partial charge on any atom is -0.405 e. The third kappa shape index (κ3) is 6.57. The average molecular weight is 314 g/mol. The molecule has 4 nitrogen and oxygen atoms in total. The Bertz CT molecular complexity index is 420. The maximum atomic E-state index is 12.4. The van der Waals surface area contributed by atoms with Crippen LogP contribution in [0.25, 0.3) is 0 Å². The first-order valence-corrected chi connectivity index (χ1v) is 10.4. The second-order valence-corrected chi connectivity index (χ2v) is 12.2. The molecular formula is C16H31NO3Si. The highest BCUT2D eigenvalue weighted by Gasteiger charge is 2.41. The van der Waals surface area contributed by atoms with Crippen molar-refractivity contribution >= 4 is 20.0 Å². The van der Waals surface area contributed by atoms with Crippen molar-refractivity contribution in [2.24, 2.45) is 5.92 Å². The predicted octanol–water partition coefficient (Wildman–Crippen LogP) is 3.64. The zero-order chi connectivity index (χ0) is 17.0. The molecule has 0 aromatic rings. The average Bonchev–Trinajstić information content (AvgIpc) is 2.22. The van der Waals surface area contributed by atoms with E-state index >= 15 is 0 Å². The smallest absolute Gasteiger partial charge is 0.252 e. The molecule has 0 radical (unpaired) electrons. The summed E-state index contributed by atoms with van der Waals surface area (Å²) in [6, 6.07) is 0. The minimum atomic E-state index is -2.02. The molecule has 0 aromatic heterocycles. The summed E-state index contributed by atoms with van der Waals surface area (Å²) in [5.41, 5.74) is 0.553. The van der Waals surface area contributed by atoms with Gasteiger partial charge in [0.25, 0.3) is 5.91 Å². The number of hydrogen-bond acceptors (Lipinski definition) is 3. The summed E-state index contributed by atoms with van der Waals surface area (Å²) in [5, 5.41) is 2.81. The van der Waals surface area contributed by atoms with Crippen LogP contribution in [0.3, 0.4) is 0 Å². The number of amides is 1.